The number of ether oxygens (including phenoxy) is 2. The van der Waals surface area contributed by atoms with Crippen molar-refractivity contribution < 1.29 is 13.9 Å². The molecule has 1 fully saturated rings. The standard InChI is InChI=1S/C13H17FN2O2/c14-11-7-10(8-12-13(11)18-9-17-12)1-4-16-5-2-15-3-6-16/h7-8,15H,1-6,9H2. The summed E-state index contributed by atoms with van der Waals surface area (Å²) in [5.74, 6) is 0.464. The van der Waals surface area contributed by atoms with Crippen LogP contribution >= 0.6 is 0 Å². The minimum absolute atomic E-state index is 0.119. The molecule has 1 aromatic carbocycles. The second-order valence-corrected chi connectivity index (χ2v) is 4.65. The molecule has 2 heterocycles. The summed E-state index contributed by atoms with van der Waals surface area (Å²) in [6.45, 7) is 5.28. The third kappa shape index (κ3) is 2.42. The Morgan fingerprint density at radius 1 is 1.22 bits per heavy atom. The van der Waals surface area contributed by atoms with Crippen LogP contribution in [0.4, 0.5) is 4.39 Å². The van der Waals surface area contributed by atoms with Gasteiger partial charge in [0, 0.05) is 32.7 Å². The van der Waals surface area contributed by atoms with Gasteiger partial charge in [0.05, 0.1) is 0 Å². The van der Waals surface area contributed by atoms with Gasteiger partial charge >= 0.3 is 0 Å². The van der Waals surface area contributed by atoms with Crippen molar-refractivity contribution in [2.75, 3.05) is 39.5 Å². The molecule has 0 spiro atoms. The number of piperazine rings is 1. The molecule has 0 amide bonds. The molecule has 0 saturated carbocycles. The Kier molecular flexibility index (Phi) is 3.34. The van der Waals surface area contributed by atoms with Crippen molar-refractivity contribution in [2.45, 2.75) is 6.42 Å². The van der Waals surface area contributed by atoms with Gasteiger partial charge in [0.25, 0.3) is 0 Å². The van der Waals surface area contributed by atoms with Crippen molar-refractivity contribution in [3.8, 4) is 11.5 Å². The Hall–Kier alpha value is -1.33. The van der Waals surface area contributed by atoms with Gasteiger partial charge < -0.3 is 19.7 Å². The van der Waals surface area contributed by atoms with E-state index >= 15 is 0 Å². The predicted molar refractivity (Wildman–Crippen MR) is 65.5 cm³/mol. The Morgan fingerprint density at radius 3 is 2.89 bits per heavy atom. The average molecular weight is 252 g/mol. The number of hydrogen-bond donors (Lipinski definition) is 1. The molecule has 0 unspecified atom stereocenters. The highest BCUT2D eigenvalue weighted by Gasteiger charge is 2.19. The quantitative estimate of drug-likeness (QED) is 0.870. The average Bonchev–Trinajstić information content (AvgIpc) is 2.86. The first-order valence-corrected chi connectivity index (χ1v) is 6.34. The van der Waals surface area contributed by atoms with Gasteiger partial charge in [0.1, 0.15) is 0 Å². The number of benzene rings is 1. The maximum absolute atomic E-state index is 13.7. The molecule has 2 aliphatic heterocycles. The highest BCUT2D eigenvalue weighted by molar-refractivity contribution is 5.45. The summed E-state index contributed by atoms with van der Waals surface area (Å²) in [6, 6.07) is 3.43. The zero-order valence-electron chi connectivity index (χ0n) is 10.2. The third-order valence-corrected chi connectivity index (χ3v) is 3.41. The van der Waals surface area contributed by atoms with Gasteiger partial charge in [-0.2, -0.15) is 0 Å². The first-order chi connectivity index (χ1) is 8.83. The lowest BCUT2D eigenvalue weighted by Crippen LogP contribution is -2.44. The molecule has 98 valence electrons. The summed E-state index contributed by atoms with van der Waals surface area (Å²) < 4.78 is 24.0. The van der Waals surface area contributed by atoms with Crippen LogP contribution in [0.3, 0.4) is 0 Å². The maximum atomic E-state index is 13.7. The molecule has 1 N–H and O–H groups in total. The Labute approximate surface area is 106 Å². The van der Waals surface area contributed by atoms with Crippen LogP contribution in [-0.4, -0.2) is 44.4 Å². The number of fused-ring (bicyclic) bond motifs is 1. The van der Waals surface area contributed by atoms with E-state index in [1.165, 1.54) is 0 Å². The van der Waals surface area contributed by atoms with Crippen molar-refractivity contribution in [1.29, 1.82) is 0 Å². The molecule has 0 atom stereocenters. The fraction of sp³-hybridized carbons (Fsp3) is 0.538. The predicted octanol–water partition coefficient (Wildman–Crippen LogP) is 1.00. The van der Waals surface area contributed by atoms with Gasteiger partial charge in [0.2, 0.25) is 12.5 Å². The fourth-order valence-electron chi connectivity index (χ4n) is 2.39. The smallest absolute Gasteiger partial charge is 0.231 e. The van der Waals surface area contributed by atoms with Gasteiger partial charge in [-0.3, -0.25) is 0 Å². The van der Waals surface area contributed by atoms with Crippen LogP contribution in [0.5, 0.6) is 11.5 Å². The van der Waals surface area contributed by atoms with Crippen LogP contribution in [0.15, 0.2) is 12.1 Å². The van der Waals surface area contributed by atoms with Crippen LogP contribution in [0.2, 0.25) is 0 Å². The lowest BCUT2D eigenvalue weighted by atomic mass is 10.1. The van der Waals surface area contributed by atoms with Crippen LogP contribution in [0, 0.1) is 5.82 Å². The normalized spacial score (nSPS) is 19.2. The van der Waals surface area contributed by atoms with Gasteiger partial charge in [-0.15, -0.1) is 0 Å². The van der Waals surface area contributed by atoms with E-state index in [0.29, 0.717) is 5.75 Å². The van der Waals surface area contributed by atoms with Gasteiger partial charge in [-0.1, -0.05) is 0 Å². The summed E-state index contributed by atoms with van der Waals surface area (Å²) in [6.07, 6.45) is 0.841. The van der Waals surface area contributed by atoms with Crippen LogP contribution < -0.4 is 14.8 Å². The molecule has 18 heavy (non-hydrogen) atoms. The van der Waals surface area contributed by atoms with E-state index in [4.69, 9.17) is 9.47 Å². The minimum atomic E-state index is -0.319. The first-order valence-electron chi connectivity index (χ1n) is 6.34. The van der Waals surface area contributed by atoms with E-state index in [0.717, 1.165) is 44.7 Å². The van der Waals surface area contributed by atoms with Crippen molar-refractivity contribution in [1.82, 2.24) is 10.2 Å². The number of halogens is 1. The molecule has 1 saturated heterocycles. The number of rotatable bonds is 3. The lowest BCUT2D eigenvalue weighted by Gasteiger charge is -2.27. The van der Waals surface area contributed by atoms with Crippen molar-refractivity contribution in [3.63, 3.8) is 0 Å². The minimum Gasteiger partial charge on any atom is -0.453 e. The molecular weight excluding hydrogens is 235 g/mol. The number of hydrogen-bond acceptors (Lipinski definition) is 4. The lowest BCUT2D eigenvalue weighted by molar-refractivity contribution is 0.171. The summed E-state index contributed by atoms with van der Waals surface area (Å²) in [5, 5.41) is 3.32. The van der Waals surface area contributed by atoms with Crippen molar-refractivity contribution >= 4 is 0 Å². The summed E-state index contributed by atoms with van der Waals surface area (Å²) >= 11 is 0. The van der Waals surface area contributed by atoms with Crippen LogP contribution in [0.25, 0.3) is 0 Å². The second-order valence-electron chi connectivity index (χ2n) is 4.65. The zero-order chi connectivity index (χ0) is 12.4. The third-order valence-electron chi connectivity index (χ3n) is 3.41. The second kappa shape index (κ2) is 5.12. The monoisotopic (exact) mass is 252 g/mol. The first kappa shape index (κ1) is 11.7. The molecule has 0 bridgehead atoms. The molecule has 3 rings (SSSR count). The largest absolute Gasteiger partial charge is 0.453 e. The molecule has 0 aliphatic carbocycles. The van der Waals surface area contributed by atoms with E-state index in [2.05, 4.69) is 10.2 Å². The van der Waals surface area contributed by atoms with Gasteiger partial charge in [-0.25, -0.2) is 4.39 Å². The maximum Gasteiger partial charge on any atom is 0.231 e. The Bertz CT molecular complexity index is 433. The summed E-state index contributed by atoms with van der Waals surface area (Å²) in [5.41, 5.74) is 0.968. The van der Waals surface area contributed by atoms with E-state index in [1.807, 2.05) is 6.07 Å². The topological polar surface area (TPSA) is 33.7 Å². The number of nitrogens with one attached hydrogen (secondary N) is 1. The van der Waals surface area contributed by atoms with E-state index in [1.54, 1.807) is 6.07 Å². The highest BCUT2D eigenvalue weighted by atomic mass is 19.1. The van der Waals surface area contributed by atoms with E-state index < -0.39 is 0 Å². The Morgan fingerprint density at radius 2 is 2.06 bits per heavy atom. The molecular formula is C13H17FN2O2. The molecule has 5 heteroatoms. The fourth-order valence-corrected chi connectivity index (χ4v) is 2.39. The summed E-state index contributed by atoms with van der Waals surface area (Å²) in [4.78, 5) is 2.39. The number of nitrogens with zero attached hydrogens (tertiary/aromatic N) is 1. The van der Waals surface area contributed by atoms with Crippen LogP contribution in [0.1, 0.15) is 5.56 Å². The highest BCUT2D eigenvalue weighted by Crippen LogP contribution is 2.35. The molecule has 0 radical (unpaired) electrons. The SMILES string of the molecule is Fc1cc(CCN2CCNCC2)cc2c1OCO2. The van der Waals surface area contributed by atoms with Crippen molar-refractivity contribution in [2.24, 2.45) is 0 Å². The molecule has 1 aromatic rings. The van der Waals surface area contributed by atoms with Gasteiger partial charge in [0.15, 0.2) is 11.6 Å². The summed E-state index contributed by atoms with van der Waals surface area (Å²) in [7, 11) is 0. The van der Waals surface area contributed by atoms with Crippen LogP contribution in [-0.2, 0) is 6.42 Å². The van der Waals surface area contributed by atoms with Gasteiger partial charge in [-0.05, 0) is 24.1 Å². The molecule has 0 aromatic heterocycles. The van der Waals surface area contributed by atoms with Crippen molar-refractivity contribution in [3.05, 3.63) is 23.5 Å². The molecule has 4 nitrogen and oxygen atoms in total. The van der Waals surface area contributed by atoms with E-state index in [-0.39, 0.29) is 18.4 Å². The Balaban J connectivity index is 1.64. The molecule has 2 aliphatic rings. The van der Waals surface area contributed by atoms with E-state index in [9.17, 15) is 4.39 Å². The zero-order valence-corrected chi connectivity index (χ0v) is 10.2.